The molecule has 1 fully saturated rings. The number of carbonyl (C=O) groups excluding carboxylic acids is 1. The van der Waals surface area contributed by atoms with Gasteiger partial charge in [0.15, 0.2) is 12.5 Å². The minimum Gasteiger partial charge on any atom is -0.349 e. The number of rotatable bonds is 7. The highest BCUT2D eigenvalue weighted by Crippen LogP contribution is 2.28. The van der Waals surface area contributed by atoms with Crippen molar-refractivity contribution in [1.82, 2.24) is 19.7 Å². The molecular formula is C22H26N6O2. The van der Waals surface area contributed by atoms with Crippen molar-refractivity contribution in [1.29, 1.82) is 0 Å². The lowest BCUT2D eigenvalue weighted by Gasteiger charge is -2.29. The van der Waals surface area contributed by atoms with Gasteiger partial charge in [0.05, 0.1) is 30.6 Å². The Labute approximate surface area is 175 Å². The molecule has 4 rings (SSSR count). The summed E-state index contributed by atoms with van der Waals surface area (Å²) in [6, 6.07) is 11.8. The van der Waals surface area contributed by atoms with E-state index in [-0.39, 0.29) is 12.1 Å². The summed E-state index contributed by atoms with van der Waals surface area (Å²) >= 11 is 0. The molecule has 1 unspecified atom stereocenters. The molecule has 0 amide bonds. The average molecular weight is 406 g/mol. The zero-order valence-corrected chi connectivity index (χ0v) is 17.3. The molecule has 2 aromatic heterocycles. The number of carbonyl (C=O) groups is 1. The lowest BCUT2D eigenvalue weighted by Crippen LogP contribution is -2.41. The fourth-order valence-corrected chi connectivity index (χ4v) is 3.59. The Hall–Kier alpha value is -3.26. The minimum atomic E-state index is -0.623. The normalized spacial score (nSPS) is 19.8. The summed E-state index contributed by atoms with van der Waals surface area (Å²) in [7, 11) is 0. The number of hydrogen-bond donors (Lipinski definition) is 1. The van der Waals surface area contributed by atoms with Crippen LogP contribution in [0.3, 0.4) is 0 Å². The van der Waals surface area contributed by atoms with Gasteiger partial charge in [0.1, 0.15) is 5.82 Å². The molecule has 1 saturated heterocycles. The maximum Gasteiger partial charge on any atom is 0.225 e. The summed E-state index contributed by atoms with van der Waals surface area (Å²) in [4.78, 5) is 22.4. The molecule has 156 valence electrons. The van der Waals surface area contributed by atoms with Crippen LogP contribution < -0.4 is 10.2 Å². The van der Waals surface area contributed by atoms with E-state index >= 15 is 0 Å². The monoisotopic (exact) mass is 406 g/mol. The molecule has 1 aromatic carbocycles. The predicted octanol–water partition coefficient (Wildman–Crippen LogP) is 3.22. The van der Waals surface area contributed by atoms with Gasteiger partial charge in [0.2, 0.25) is 5.95 Å². The van der Waals surface area contributed by atoms with Crippen LogP contribution in [0.15, 0.2) is 55.0 Å². The van der Waals surface area contributed by atoms with Crippen LogP contribution in [0, 0.1) is 5.92 Å². The smallest absolute Gasteiger partial charge is 0.225 e. The van der Waals surface area contributed by atoms with Gasteiger partial charge in [-0.25, -0.2) is 9.67 Å². The van der Waals surface area contributed by atoms with Crippen molar-refractivity contribution in [3.05, 3.63) is 60.6 Å². The first-order valence-electron chi connectivity index (χ1n) is 10.1. The molecule has 3 aromatic rings. The van der Waals surface area contributed by atoms with Gasteiger partial charge in [-0.2, -0.15) is 10.1 Å². The standard InChI is InChI=1S/C22H26N6O2/c1-15(2)19-14-30-21(13-29)28(19)20-9-10-23-22(26-20)25-16(3)17-11-24-27(12-17)18-7-5-4-6-8-18/h4-13,15-16,19,21H,14H2,1-3H3,(H,23,25,26)/t16-,19+,21?/m0/s1. The summed E-state index contributed by atoms with van der Waals surface area (Å²) in [6.45, 7) is 6.76. The van der Waals surface area contributed by atoms with Gasteiger partial charge in [0, 0.05) is 18.0 Å². The number of nitrogens with one attached hydrogen (secondary N) is 1. The number of ether oxygens (including phenoxy) is 1. The zero-order chi connectivity index (χ0) is 21.1. The summed E-state index contributed by atoms with van der Waals surface area (Å²) in [5.41, 5.74) is 2.02. The molecule has 0 bridgehead atoms. The third-order valence-corrected chi connectivity index (χ3v) is 5.33. The van der Waals surface area contributed by atoms with Gasteiger partial charge >= 0.3 is 0 Å². The third-order valence-electron chi connectivity index (χ3n) is 5.33. The molecule has 3 heterocycles. The van der Waals surface area contributed by atoms with Gasteiger partial charge < -0.3 is 15.0 Å². The minimum absolute atomic E-state index is 0.0460. The number of benzene rings is 1. The van der Waals surface area contributed by atoms with Crippen LogP contribution in [-0.4, -0.2) is 44.9 Å². The van der Waals surface area contributed by atoms with Crippen molar-refractivity contribution in [2.24, 2.45) is 5.92 Å². The first kappa shape index (κ1) is 20.0. The Morgan fingerprint density at radius 3 is 2.73 bits per heavy atom. The van der Waals surface area contributed by atoms with Crippen LogP contribution in [0.4, 0.5) is 11.8 Å². The Bertz CT molecular complexity index is 990. The predicted molar refractivity (Wildman–Crippen MR) is 115 cm³/mol. The van der Waals surface area contributed by atoms with Crippen LogP contribution in [0.25, 0.3) is 5.69 Å². The molecule has 30 heavy (non-hydrogen) atoms. The van der Waals surface area contributed by atoms with Gasteiger partial charge in [-0.3, -0.25) is 4.79 Å². The Kier molecular flexibility index (Phi) is 5.76. The van der Waals surface area contributed by atoms with E-state index in [0.717, 1.165) is 17.5 Å². The van der Waals surface area contributed by atoms with Crippen molar-refractivity contribution < 1.29 is 9.53 Å². The van der Waals surface area contributed by atoms with E-state index in [0.29, 0.717) is 24.3 Å². The van der Waals surface area contributed by atoms with Crippen molar-refractivity contribution >= 4 is 18.1 Å². The van der Waals surface area contributed by atoms with Crippen LogP contribution in [0.1, 0.15) is 32.4 Å². The van der Waals surface area contributed by atoms with Crippen LogP contribution >= 0.6 is 0 Å². The molecule has 8 heteroatoms. The number of aromatic nitrogens is 4. The van der Waals surface area contributed by atoms with Gasteiger partial charge in [0.25, 0.3) is 0 Å². The number of anilines is 2. The molecule has 3 atom stereocenters. The van der Waals surface area contributed by atoms with E-state index in [2.05, 4.69) is 34.2 Å². The number of hydrogen-bond acceptors (Lipinski definition) is 7. The first-order chi connectivity index (χ1) is 14.6. The molecule has 0 spiro atoms. The SMILES string of the molecule is CC(C)[C@H]1COC(C=O)N1c1ccnc(N[C@@H](C)c2cnn(-c3ccccc3)c2)n1. The fourth-order valence-electron chi connectivity index (χ4n) is 3.59. The van der Waals surface area contributed by atoms with Gasteiger partial charge in [-0.1, -0.05) is 32.0 Å². The summed E-state index contributed by atoms with van der Waals surface area (Å²) in [6.07, 6.45) is 5.71. The largest absolute Gasteiger partial charge is 0.349 e. The third kappa shape index (κ3) is 4.04. The number of aldehydes is 1. The zero-order valence-electron chi connectivity index (χ0n) is 17.3. The molecule has 1 aliphatic heterocycles. The lowest BCUT2D eigenvalue weighted by molar-refractivity contribution is -0.115. The van der Waals surface area contributed by atoms with E-state index in [4.69, 9.17) is 4.74 Å². The van der Waals surface area contributed by atoms with Gasteiger partial charge in [-0.05, 0) is 31.0 Å². The second-order valence-electron chi connectivity index (χ2n) is 7.74. The van der Waals surface area contributed by atoms with E-state index in [1.54, 1.807) is 6.20 Å². The summed E-state index contributed by atoms with van der Waals surface area (Å²) < 4.78 is 7.49. The number of nitrogens with zero attached hydrogens (tertiary/aromatic N) is 5. The van der Waals surface area contributed by atoms with E-state index in [9.17, 15) is 4.79 Å². The van der Waals surface area contributed by atoms with Crippen molar-refractivity contribution in [3.63, 3.8) is 0 Å². The van der Waals surface area contributed by atoms with E-state index in [1.807, 2.05) is 65.3 Å². The highest BCUT2D eigenvalue weighted by Gasteiger charge is 2.37. The topological polar surface area (TPSA) is 85.2 Å². The van der Waals surface area contributed by atoms with Crippen molar-refractivity contribution in [2.75, 3.05) is 16.8 Å². The second kappa shape index (κ2) is 8.62. The second-order valence-corrected chi connectivity index (χ2v) is 7.74. The number of para-hydroxylation sites is 1. The Balaban J connectivity index is 1.52. The molecule has 1 aliphatic rings. The quantitative estimate of drug-likeness (QED) is 0.603. The van der Waals surface area contributed by atoms with Crippen molar-refractivity contribution in [2.45, 2.75) is 39.1 Å². The molecule has 0 radical (unpaired) electrons. The Morgan fingerprint density at radius 1 is 1.20 bits per heavy atom. The lowest BCUT2D eigenvalue weighted by atomic mass is 10.0. The highest BCUT2D eigenvalue weighted by atomic mass is 16.5. The van der Waals surface area contributed by atoms with Crippen LogP contribution in [0.2, 0.25) is 0 Å². The Morgan fingerprint density at radius 2 is 2.00 bits per heavy atom. The fraction of sp³-hybridized carbons (Fsp3) is 0.364. The van der Waals surface area contributed by atoms with E-state index < -0.39 is 6.23 Å². The molecule has 1 N–H and O–H groups in total. The maximum atomic E-state index is 11.5. The van der Waals surface area contributed by atoms with Gasteiger partial charge in [-0.15, -0.1) is 0 Å². The van der Waals surface area contributed by atoms with E-state index in [1.165, 1.54) is 0 Å². The van der Waals surface area contributed by atoms with Crippen molar-refractivity contribution in [3.8, 4) is 5.69 Å². The highest BCUT2D eigenvalue weighted by molar-refractivity contribution is 5.64. The maximum absolute atomic E-state index is 11.5. The molecule has 0 aliphatic carbocycles. The average Bonchev–Trinajstić information content (AvgIpc) is 3.42. The summed E-state index contributed by atoms with van der Waals surface area (Å²) in [5.74, 6) is 1.49. The molecule has 0 saturated carbocycles. The van der Waals surface area contributed by atoms with Crippen LogP contribution in [0.5, 0.6) is 0 Å². The van der Waals surface area contributed by atoms with Crippen LogP contribution in [-0.2, 0) is 9.53 Å². The summed E-state index contributed by atoms with van der Waals surface area (Å²) in [5, 5.41) is 7.78. The molecular weight excluding hydrogens is 380 g/mol. The first-order valence-corrected chi connectivity index (χ1v) is 10.1. The molecule has 8 nitrogen and oxygen atoms in total.